The summed E-state index contributed by atoms with van der Waals surface area (Å²) in [6.45, 7) is 2.27. The van der Waals surface area contributed by atoms with Crippen LogP contribution in [0, 0.1) is 0 Å². The quantitative estimate of drug-likeness (QED) is 0.684. The molecule has 0 radical (unpaired) electrons. The van der Waals surface area contributed by atoms with Crippen molar-refractivity contribution in [1.29, 1.82) is 0 Å². The van der Waals surface area contributed by atoms with Gasteiger partial charge in [0.2, 0.25) is 0 Å². The standard InChI is InChI=1S/C9H19NS/c1-3-8(7-11-2)10-9-5-4-6-9/h8-10H,3-7H2,1-2H3. The van der Waals surface area contributed by atoms with Crippen molar-refractivity contribution < 1.29 is 0 Å². The number of hydrogen-bond acceptors (Lipinski definition) is 2. The zero-order valence-corrected chi connectivity index (χ0v) is 8.41. The molecule has 1 aliphatic rings. The van der Waals surface area contributed by atoms with Crippen LogP contribution in [0.3, 0.4) is 0 Å². The van der Waals surface area contributed by atoms with E-state index in [1.165, 1.54) is 31.4 Å². The van der Waals surface area contributed by atoms with E-state index in [1.54, 1.807) is 0 Å². The minimum absolute atomic E-state index is 0.760. The molecule has 0 aromatic heterocycles. The highest BCUT2D eigenvalue weighted by molar-refractivity contribution is 7.98. The fourth-order valence-corrected chi connectivity index (χ4v) is 2.13. The zero-order valence-electron chi connectivity index (χ0n) is 7.60. The van der Waals surface area contributed by atoms with Gasteiger partial charge < -0.3 is 5.32 Å². The molecule has 0 heterocycles. The molecule has 0 saturated heterocycles. The van der Waals surface area contributed by atoms with Crippen LogP contribution < -0.4 is 5.32 Å². The lowest BCUT2D eigenvalue weighted by molar-refractivity contribution is 0.310. The minimum atomic E-state index is 0.760. The maximum Gasteiger partial charge on any atom is 0.0158 e. The van der Waals surface area contributed by atoms with E-state index in [0.717, 1.165) is 12.1 Å². The molecular formula is C9H19NS. The Bertz CT molecular complexity index is 102. The molecule has 1 rings (SSSR count). The SMILES string of the molecule is CCC(CSC)NC1CCC1. The number of thioether (sulfide) groups is 1. The molecular weight excluding hydrogens is 154 g/mol. The van der Waals surface area contributed by atoms with Gasteiger partial charge in [-0.2, -0.15) is 11.8 Å². The van der Waals surface area contributed by atoms with Gasteiger partial charge in [0.25, 0.3) is 0 Å². The van der Waals surface area contributed by atoms with Crippen LogP contribution in [0.2, 0.25) is 0 Å². The molecule has 1 unspecified atom stereocenters. The van der Waals surface area contributed by atoms with Crippen LogP contribution in [-0.4, -0.2) is 24.1 Å². The van der Waals surface area contributed by atoms with Gasteiger partial charge >= 0.3 is 0 Å². The van der Waals surface area contributed by atoms with Crippen molar-refractivity contribution in [3.63, 3.8) is 0 Å². The Morgan fingerprint density at radius 2 is 2.27 bits per heavy atom. The van der Waals surface area contributed by atoms with Crippen LogP contribution in [0.1, 0.15) is 32.6 Å². The lowest BCUT2D eigenvalue weighted by Gasteiger charge is -2.30. The van der Waals surface area contributed by atoms with E-state index in [-0.39, 0.29) is 0 Å². The maximum atomic E-state index is 3.68. The summed E-state index contributed by atoms with van der Waals surface area (Å²) in [7, 11) is 0. The monoisotopic (exact) mass is 173 g/mol. The number of nitrogens with one attached hydrogen (secondary N) is 1. The first-order valence-electron chi connectivity index (χ1n) is 4.61. The molecule has 0 bridgehead atoms. The molecule has 1 N–H and O–H groups in total. The van der Waals surface area contributed by atoms with Gasteiger partial charge in [0, 0.05) is 17.8 Å². The minimum Gasteiger partial charge on any atom is -0.310 e. The summed E-state index contributed by atoms with van der Waals surface area (Å²) in [6, 6.07) is 1.61. The van der Waals surface area contributed by atoms with E-state index in [4.69, 9.17) is 0 Å². The average molecular weight is 173 g/mol. The Kier molecular flexibility index (Phi) is 4.31. The van der Waals surface area contributed by atoms with Crippen LogP contribution in [0.4, 0.5) is 0 Å². The van der Waals surface area contributed by atoms with Crippen LogP contribution in [0.15, 0.2) is 0 Å². The van der Waals surface area contributed by atoms with E-state index in [9.17, 15) is 0 Å². The number of hydrogen-bond donors (Lipinski definition) is 1. The van der Waals surface area contributed by atoms with Crippen LogP contribution in [-0.2, 0) is 0 Å². The Labute approximate surface area is 74.3 Å². The second kappa shape index (κ2) is 5.04. The molecule has 1 saturated carbocycles. The third kappa shape index (κ3) is 3.04. The molecule has 2 heteroatoms. The zero-order chi connectivity index (χ0) is 8.10. The molecule has 11 heavy (non-hydrogen) atoms. The Morgan fingerprint density at radius 1 is 1.55 bits per heavy atom. The fourth-order valence-electron chi connectivity index (χ4n) is 1.39. The van der Waals surface area contributed by atoms with Gasteiger partial charge in [-0.15, -0.1) is 0 Å². The Balaban J connectivity index is 2.08. The van der Waals surface area contributed by atoms with Crippen molar-refractivity contribution in [3.05, 3.63) is 0 Å². The summed E-state index contributed by atoms with van der Waals surface area (Å²) >= 11 is 1.95. The molecule has 1 aliphatic carbocycles. The second-order valence-electron chi connectivity index (χ2n) is 3.36. The smallest absolute Gasteiger partial charge is 0.0158 e. The van der Waals surface area contributed by atoms with Gasteiger partial charge in [-0.25, -0.2) is 0 Å². The molecule has 0 aromatic carbocycles. The highest BCUT2D eigenvalue weighted by atomic mass is 32.2. The molecule has 1 nitrogen and oxygen atoms in total. The fraction of sp³-hybridized carbons (Fsp3) is 1.00. The van der Waals surface area contributed by atoms with Gasteiger partial charge in [0.1, 0.15) is 0 Å². The van der Waals surface area contributed by atoms with E-state index in [0.29, 0.717) is 0 Å². The highest BCUT2D eigenvalue weighted by Crippen LogP contribution is 2.19. The van der Waals surface area contributed by atoms with Gasteiger partial charge in [-0.3, -0.25) is 0 Å². The third-order valence-corrected chi connectivity index (χ3v) is 3.17. The normalized spacial score (nSPS) is 21.3. The Hall–Kier alpha value is 0.310. The maximum absolute atomic E-state index is 3.68. The molecule has 0 aromatic rings. The molecule has 0 spiro atoms. The van der Waals surface area contributed by atoms with Gasteiger partial charge in [-0.1, -0.05) is 13.3 Å². The van der Waals surface area contributed by atoms with Crippen molar-refractivity contribution in [2.24, 2.45) is 0 Å². The largest absolute Gasteiger partial charge is 0.310 e. The molecule has 0 amide bonds. The van der Waals surface area contributed by atoms with Crippen molar-refractivity contribution in [2.45, 2.75) is 44.7 Å². The second-order valence-corrected chi connectivity index (χ2v) is 4.27. The van der Waals surface area contributed by atoms with Crippen molar-refractivity contribution in [3.8, 4) is 0 Å². The molecule has 1 atom stereocenters. The first-order chi connectivity index (χ1) is 5.36. The first kappa shape index (κ1) is 9.40. The van der Waals surface area contributed by atoms with Crippen molar-refractivity contribution >= 4 is 11.8 Å². The highest BCUT2D eigenvalue weighted by Gasteiger charge is 2.19. The summed E-state index contributed by atoms with van der Waals surface area (Å²) in [4.78, 5) is 0. The van der Waals surface area contributed by atoms with Crippen molar-refractivity contribution in [1.82, 2.24) is 5.32 Å². The summed E-state index contributed by atoms with van der Waals surface area (Å²) in [5, 5.41) is 3.68. The van der Waals surface area contributed by atoms with E-state index in [2.05, 4.69) is 18.5 Å². The van der Waals surface area contributed by atoms with Gasteiger partial charge in [0.05, 0.1) is 0 Å². The lowest BCUT2D eigenvalue weighted by atomic mass is 9.92. The molecule has 0 aliphatic heterocycles. The third-order valence-electron chi connectivity index (χ3n) is 2.44. The first-order valence-corrected chi connectivity index (χ1v) is 6.01. The van der Waals surface area contributed by atoms with Crippen molar-refractivity contribution in [2.75, 3.05) is 12.0 Å². The van der Waals surface area contributed by atoms with E-state index < -0.39 is 0 Å². The van der Waals surface area contributed by atoms with E-state index in [1.807, 2.05) is 11.8 Å². The van der Waals surface area contributed by atoms with E-state index >= 15 is 0 Å². The molecule has 1 fully saturated rings. The summed E-state index contributed by atoms with van der Waals surface area (Å²) < 4.78 is 0. The summed E-state index contributed by atoms with van der Waals surface area (Å²) in [6.07, 6.45) is 7.71. The molecule has 66 valence electrons. The summed E-state index contributed by atoms with van der Waals surface area (Å²) in [5.74, 6) is 1.27. The predicted octanol–water partition coefficient (Wildman–Crippen LogP) is 2.27. The van der Waals surface area contributed by atoms with Crippen LogP contribution in [0.25, 0.3) is 0 Å². The predicted molar refractivity (Wildman–Crippen MR) is 53.2 cm³/mol. The van der Waals surface area contributed by atoms with Gasteiger partial charge in [-0.05, 0) is 25.5 Å². The topological polar surface area (TPSA) is 12.0 Å². The van der Waals surface area contributed by atoms with Gasteiger partial charge in [0.15, 0.2) is 0 Å². The number of rotatable bonds is 5. The Morgan fingerprint density at radius 3 is 2.64 bits per heavy atom. The summed E-state index contributed by atoms with van der Waals surface area (Å²) in [5.41, 5.74) is 0. The average Bonchev–Trinajstić information content (AvgIpc) is 1.94. The van der Waals surface area contributed by atoms with Crippen LogP contribution in [0.5, 0.6) is 0 Å². The van der Waals surface area contributed by atoms with Crippen LogP contribution >= 0.6 is 11.8 Å². The lowest BCUT2D eigenvalue weighted by Crippen LogP contribution is -2.43.